The molecule has 0 spiro atoms. The number of anilines is 1. The van der Waals surface area contributed by atoms with Crippen LogP contribution in [0.5, 0.6) is 0 Å². The van der Waals surface area contributed by atoms with E-state index in [1.165, 1.54) is 0 Å². The molecule has 1 N–H and O–H groups in total. The van der Waals surface area contributed by atoms with Gasteiger partial charge in [-0.2, -0.15) is 0 Å². The van der Waals surface area contributed by atoms with Crippen molar-refractivity contribution in [3.63, 3.8) is 0 Å². The van der Waals surface area contributed by atoms with E-state index >= 15 is 0 Å². The first kappa shape index (κ1) is 18.8. The van der Waals surface area contributed by atoms with Crippen LogP contribution in [-0.4, -0.2) is 74.2 Å². The van der Waals surface area contributed by atoms with Gasteiger partial charge < -0.3 is 15.0 Å². The third-order valence-corrected chi connectivity index (χ3v) is 4.85. The minimum atomic E-state index is 0.0159. The molecule has 0 aromatic heterocycles. The Morgan fingerprint density at radius 2 is 1.73 bits per heavy atom. The molecule has 1 aromatic rings. The Morgan fingerprint density at radius 1 is 1.08 bits per heavy atom. The number of rotatable bonds is 5. The van der Waals surface area contributed by atoms with Crippen LogP contribution in [-0.2, 0) is 20.7 Å². The predicted octanol–water partition coefficient (Wildman–Crippen LogP) is 0.651. The number of carbonyl (C=O) groups excluding carboxylic acids is 2. The molecule has 0 atom stereocenters. The maximum absolute atomic E-state index is 12.2. The number of amides is 2. The Hall–Kier alpha value is -1.96. The summed E-state index contributed by atoms with van der Waals surface area (Å²) in [7, 11) is 0. The molecule has 7 nitrogen and oxygen atoms in total. The van der Waals surface area contributed by atoms with Gasteiger partial charge in [-0.25, -0.2) is 10.0 Å². The summed E-state index contributed by atoms with van der Waals surface area (Å²) in [4.78, 5) is 26.2. The monoisotopic (exact) mass is 360 g/mol. The summed E-state index contributed by atoms with van der Waals surface area (Å²) in [6.07, 6.45) is 1.22. The first-order chi connectivity index (χ1) is 12.6. The fourth-order valence-electron chi connectivity index (χ4n) is 3.42. The molecule has 7 heteroatoms. The number of hydrogen-bond acceptors (Lipinski definition) is 5. The van der Waals surface area contributed by atoms with Crippen molar-refractivity contribution in [2.75, 3.05) is 57.5 Å². The van der Waals surface area contributed by atoms with Crippen molar-refractivity contribution < 1.29 is 14.3 Å². The first-order valence-corrected chi connectivity index (χ1v) is 9.36. The van der Waals surface area contributed by atoms with Crippen LogP contribution < -0.4 is 10.3 Å². The van der Waals surface area contributed by atoms with Gasteiger partial charge in [0.15, 0.2) is 0 Å². The molecule has 2 fully saturated rings. The summed E-state index contributed by atoms with van der Waals surface area (Å²) in [6, 6.07) is 7.97. The Bertz CT molecular complexity index is 608. The molecular weight excluding hydrogens is 332 g/mol. The summed E-state index contributed by atoms with van der Waals surface area (Å²) in [5.41, 5.74) is 1.99. The molecule has 1 aromatic carbocycles. The van der Waals surface area contributed by atoms with Crippen molar-refractivity contribution in [3.8, 4) is 0 Å². The van der Waals surface area contributed by atoms with Gasteiger partial charge in [-0.3, -0.25) is 9.59 Å². The van der Waals surface area contributed by atoms with Crippen LogP contribution in [0.25, 0.3) is 0 Å². The maximum Gasteiger partial charge on any atom is 0.238 e. The molecule has 26 heavy (non-hydrogen) atoms. The number of morpholine rings is 1. The lowest BCUT2D eigenvalue weighted by molar-refractivity contribution is -0.135. The van der Waals surface area contributed by atoms with Crippen LogP contribution in [0.2, 0.25) is 0 Å². The molecule has 0 aliphatic carbocycles. The van der Waals surface area contributed by atoms with E-state index < -0.39 is 0 Å². The highest BCUT2D eigenvalue weighted by Gasteiger charge is 2.22. The SMILES string of the molecule is CC(=O)N(c1ccc(CCC(=O)N2CCOCC2)cc1)N1CCNCC1. The van der Waals surface area contributed by atoms with Gasteiger partial charge in [0, 0.05) is 52.6 Å². The molecule has 2 aliphatic heterocycles. The fourth-order valence-corrected chi connectivity index (χ4v) is 3.42. The van der Waals surface area contributed by atoms with E-state index in [4.69, 9.17) is 4.74 Å². The highest BCUT2D eigenvalue weighted by Crippen LogP contribution is 2.19. The normalized spacial score (nSPS) is 18.6. The number of hydrogen-bond donors (Lipinski definition) is 1. The van der Waals surface area contributed by atoms with Crippen LogP contribution in [0.15, 0.2) is 24.3 Å². The molecule has 0 unspecified atom stereocenters. The third kappa shape index (κ3) is 4.81. The molecule has 2 heterocycles. The van der Waals surface area contributed by atoms with Crippen molar-refractivity contribution in [2.24, 2.45) is 0 Å². The number of carbonyl (C=O) groups is 2. The molecule has 0 bridgehead atoms. The summed E-state index contributed by atoms with van der Waals surface area (Å²) in [5, 5.41) is 7.13. The van der Waals surface area contributed by atoms with Crippen LogP contribution >= 0.6 is 0 Å². The van der Waals surface area contributed by atoms with Crippen LogP contribution in [0.3, 0.4) is 0 Å². The summed E-state index contributed by atoms with van der Waals surface area (Å²) >= 11 is 0. The van der Waals surface area contributed by atoms with Crippen molar-refractivity contribution in [2.45, 2.75) is 19.8 Å². The molecule has 2 amide bonds. The number of benzene rings is 1. The number of ether oxygens (including phenoxy) is 1. The van der Waals surface area contributed by atoms with Crippen molar-refractivity contribution in [1.82, 2.24) is 15.2 Å². The van der Waals surface area contributed by atoms with Crippen LogP contribution in [0.1, 0.15) is 18.9 Å². The minimum absolute atomic E-state index is 0.0159. The summed E-state index contributed by atoms with van der Waals surface area (Å²) < 4.78 is 5.28. The van der Waals surface area contributed by atoms with Crippen molar-refractivity contribution in [3.05, 3.63) is 29.8 Å². The topological polar surface area (TPSA) is 65.1 Å². The van der Waals surface area contributed by atoms with Gasteiger partial charge in [0.05, 0.1) is 18.9 Å². The third-order valence-electron chi connectivity index (χ3n) is 4.85. The van der Waals surface area contributed by atoms with Gasteiger partial charge in [0.1, 0.15) is 0 Å². The quantitative estimate of drug-likeness (QED) is 0.835. The van der Waals surface area contributed by atoms with E-state index in [-0.39, 0.29) is 11.8 Å². The molecule has 0 saturated carbocycles. The lowest BCUT2D eigenvalue weighted by atomic mass is 10.1. The van der Waals surface area contributed by atoms with Crippen LogP contribution in [0, 0.1) is 0 Å². The zero-order chi connectivity index (χ0) is 18.4. The van der Waals surface area contributed by atoms with E-state index in [2.05, 4.69) is 10.3 Å². The maximum atomic E-state index is 12.2. The second-order valence-corrected chi connectivity index (χ2v) is 6.69. The highest BCUT2D eigenvalue weighted by atomic mass is 16.5. The van der Waals surface area contributed by atoms with Gasteiger partial charge in [0.25, 0.3) is 0 Å². The predicted molar refractivity (Wildman–Crippen MR) is 99.8 cm³/mol. The highest BCUT2D eigenvalue weighted by molar-refractivity contribution is 5.90. The van der Waals surface area contributed by atoms with Crippen molar-refractivity contribution in [1.29, 1.82) is 0 Å². The number of nitrogens with one attached hydrogen (secondary N) is 1. The zero-order valence-corrected chi connectivity index (χ0v) is 15.4. The van der Waals surface area contributed by atoms with E-state index in [1.807, 2.05) is 29.2 Å². The summed E-state index contributed by atoms with van der Waals surface area (Å²) in [5.74, 6) is 0.200. The first-order valence-electron chi connectivity index (χ1n) is 9.36. The van der Waals surface area contributed by atoms with Gasteiger partial charge in [0.2, 0.25) is 11.8 Å². The lowest BCUT2D eigenvalue weighted by Crippen LogP contribution is -2.54. The summed E-state index contributed by atoms with van der Waals surface area (Å²) in [6.45, 7) is 7.63. The molecule has 2 saturated heterocycles. The molecular formula is C19H28N4O3. The largest absolute Gasteiger partial charge is 0.378 e. The Balaban J connectivity index is 1.58. The number of nitrogens with zero attached hydrogens (tertiary/aromatic N) is 3. The number of piperazine rings is 1. The van der Waals surface area contributed by atoms with E-state index in [0.717, 1.165) is 37.4 Å². The lowest BCUT2D eigenvalue weighted by Gasteiger charge is -2.37. The van der Waals surface area contributed by atoms with Gasteiger partial charge in [-0.05, 0) is 24.1 Å². The number of aryl methyl sites for hydroxylation is 1. The Labute approximate surface area is 154 Å². The Morgan fingerprint density at radius 3 is 2.35 bits per heavy atom. The second-order valence-electron chi connectivity index (χ2n) is 6.69. The smallest absolute Gasteiger partial charge is 0.238 e. The van der Waals surface area contributed by atoms with Gasteiger partial charge >= 0.3 is 0 Å². The molecule has 0 radical (unpaired) electrons. The van der Waals surface area contributed by atoms with Crippen LogP contribution in [0.4, 0.5) is 5.69 Å². The average Bonchev–Trinajstić information content (AvgIpc) is 2.68. The van der Waals surface area contributed by atoms with Gasteiger partial charge in [-0.15, -0.1) is 0 Å². The molecule has 2 aliphatic rings. The van der Waals surface area contributed by atoms with Crippen molar-refractivity contribution >= 4 is 17.5 Å². The molecule has 3 rings (SSSR count). The average molecular weight is 360 g/mol. The standard InChI is InChI=1S/C19H28N4O3/c1-16(24)23(22-10-8-20-9-11-22)18-5-2-17(3-6-18)4-7-19(25)21-12-14-26-15-13-21/h2-3,5-6,20H,4,7-15H2,1H3. The fraction of sp³-hybridized carbons (Fsp3) is 0.579. The Kier molecular flexibility index (Phi) is 6.60. The molecule has 142 valence electrons. The van der Waals surface area contributed by atoms with E-state index in [1.54, 1.807) is 11.9 Å². The second kappa shape index (κ2) is 9.12. The minimum Gasteiger partial charge on any atom is -0.378 e. The number of hydrazine groups is 1. The van der Waals surface area contributed by atoms with E-state index in [0.29, 0.717) is 39.1 Å². The van der Waals surface area contributed by atoms with E-state index in [9.17, 15) is 9.59 Å². The zero-order valence-electron chi connectivity index (χ0n) is 15.4. The van der Waals surface area contributed by atoms with Gasteiger partial charge in [-0.1, -0.05) is 12.1 Å².